The van der Waals surface area contributed by atoms with Gasteiger partial charge < -0.3 is 15.8 Å². The third kappa shape index (κ3) is 3.46. The standard InChI is InChI=1S/C11H11ClN2O4/c1-2-18-11(17)10(16)14-8-5-6(12)3-4-7(8)9(13)15/h3-5H,2H2,1H3,(H2,13,15)(H,14,16). The molecule has 96 valence electrons. The molecule has 0 heterocycles. The molecule has 7 heteroatoms. The van der Waals surface area contributed by atoms with E-state index in [2.05, 4.69) is 10.1 Å². The van der Waals surface area contributed by atoms with Gasteiger partial charge in [-0.3, -0.25) is 9.59 Å². The maximum atomic E-state index is 11.4. The fourth-order valence-corrected chi connectivity index (χ4v) is 1.38. The summed E-state index contributed by atoms with van der Waals surface area (Å²) in [6, 6.07) is 4.12. The van der Waals surface area contributed by atoms with Crippen LogP contribution < -0.4 is 11.1 Å². The molecule has 0 aliphatic rings. The molecular weight excluding hydrogens is 260 g/mol. The van der Waals surface area contributed by atoms with E-state index >= 15 is 0 Å². The van der Waals surface area contributed by atoms with Crippen molar-refractivity contribution >= 4 is 35.1 Å². The summed E-state index contributed by atoms with van der Waals surface area (Å²) in [5.74, 6) is -2.79. The van der Waals surface area contributed by atoms with Gasteiger partial charge in [0.1, 0.15) is 0 Å². The first kappa shape index (κ1) is 14.0. The summed E-state index contributed by atoms with van der Waals surface area (Å²) in [5.41, 5.74) is 5.24. The number of esters is 1. The molecule has 1 aromatic rings. The molecule has 18 heavy (non-hydrogen) atoms. The number of halogens is 1. The molecule has 3 N–H and O–H groups in total. The number of nitrogens with two attached hydrogens (primary N) is 1. The molecule has 0 unspecified atom stereocenters. The van der Waals surface area contributed by atoms with E-state index in [0.717, 1.165) is 0 Å². The molecule has 2 amide bonds. The van der Waals surface area contributed by atoms with Crippen molar-refractivity contribution < 1.29 is 19.1 Å². The lowest BCUT2D eigenvalue weighted by molar-refractivity contribution is -0.152. The van der Waals surface area contributed by atoms with E-state index < -0.39 is 17.8 Å². The van der Waals surface area contributed by atoms with E-state index in [1.807, 2.05) is 0 Å². The largest absolute Gasteiger partial charge is 0.459 e. The highest BCUT2D eigenvalue weighted by molar-refractivity contribution is 6.38. The van der Waals surface area contributed by atoms with E-state index in [1.165, 1.54) is 18.2 Å². The van der Waals surface area contributed by atoms with Crippen molar-refractivity contribution in [2.75, 3.05) is 11.9 Å². The Hall–Kier alpha value is -2.08. The maximum absolute atomic E-state index is 11.4. The molecule has 0 aliphatic carbocycles. The van der Waals surface area contributed by atoms with Gasteiger partial charge >= 0.3 is 11.9 Å². The smallest absolute Gasteiger partial charge is 0.397 e. The summed E-state index contributed by atoms with van der Waals surface area (Å²) in [4.78, 5) is 33.7. The third-order valence-corrected chi connectivity index (χ3v) is 2.19. The van der Waals surface area contributed by atoms with Crippen molar-refractivity contribution in [3.8, 4) is 0 Å². The number of hydrogen-bond donors (Lipinski definition) is 2. The topological polar surface area (TPSA) is 98.5 Å². The van der Waals surface area contributed by atoms with Crippen molar-refractivity contribution in [3.63, 3.8) is 0 Å². The van der Waals surface area contributed by atoms with Crippen LogP contribution in [0.5, 0.6) is 0 Å². The normalized spacial score (nSPS) is 9.67. The number of amides is 2. The molecule has 0 radical (unpaired) electrons. The minimum atomic E-state index is -1.05. The number of benzene rings is 1. The minimum absolute atomic E-state index is 0.0528. The second-order valence-electron chi connectivity index (χ2n) is 3.23. The first-order valence-corrected chi connectivity index (χ1v) is 5.41. The highest BCUT2D eigenvalue weighted by Gasteiger charge is 2.18. The Labute approximate surface area is 108 Å². The first-order valence-electron chi connectivity index (χ1n) is 5.03. The summed E-state index contributed by atoms with van der Waals surface area (Å²) < 4.78 is 4.51. The van der Waals surface area contributed by atoms with Gasteiger partial charge in [-0.25, -0.2) is 4.79 Å². The summed E-state index contributed by atoms with van der Waals surface area (Å²) in [6.45, 7) is 1.64. The molecule has 1 aromatic carbocycles. The fraction of sp³-hybridized carbons (Fsp3) is 0.182. The third-order valence-electron chi connectivity index (χ3n) is 1.96. The lowest BCUT2D eigenvalue weighted by atomic mass is 10.1. The summed E-state index contributed by atoms with van der Waals surface area (Å²) in [6.07, 6.45) is 0. The van der Waals surface area contributed by atoms with Gasteiger partial charge in [0.05, 0.1) is 17.9 Å². The molecule has 0 spiro atoms. The van der Waals surface area contributed by atoms with E-state index in [0.29, 0.717) is 5.02 Å². The SMILES string of the molecule is CCOC(=O)C(=O)Nc1cc(Cl)ccc1C(N)=O. The van der Waals surface area contributed by atoms with Gasteiger partial charge in [-0.15, -0.1) is 0 Å². The molecule has 1 rings (SSSR count). The second-order valence-corrected chi connectivity index (χ2v) is 3.67. The number of carbonyl (C=O) groups is 3. The summed E-state index contributed by atoms with van der Waals surface area (Å²) in [7, 11) is 0. The molecule has 0 saturated carbocycles. The van der Waals surface area contributed by atoms with Crippen molar-refractivity contribution in [2.45, 2.75) is 6.92 Å². The predicted octanol–water partition coefficient (Wildman–Crippen LogP) is 0.940. The van der Waals surface area contributed by atoms with Crippen LogP contribution in [-0.2, 0) is 14.3 Å². The second kappa shape index (κ2) is 6.02. The zero-order valence-corrected chi connectivity index (χ0v) is 10.3. The number of primary amides is 1. The molecule has 0 bridgehead atoms. The Morgan fingerprint density at radius 3 is 2.61 bits per heavy atom. The van der Waals surface area contributed by atoms with E-state index in [9.17, 15) is 14.4 Å². The van der Waals surface area contributed by atoms with Crippen LogP contribution in [0.3, 0.4) is 0 Å². The molecule has 0 atom stereocenters. The molecule has 0 aromatic heterocycles. The van der Waals surface area contributed by atoms with Crippen molar-refractivity contribution in [1.29, 1.82) is 0 Å². The van der Waals surface area contributed by atoms with Crippen LogP contribution >= 0.6 is 11.6 Å². The Kier molecular flexibility index (Phi) is 4.67. The van der Waals surface area contributed by atoms with Gasteiger partial charge in [0.15, 0.2) is 0 Å². The van der Waals surface area contributed by atoms with Crippen molar-refractivity contribution in [1.82, 2.24) is 0 Å². The van der Waals surface area contributed by atoms with Crippen LogP contribution in [0.2, 0.25) is 5.02 Å². The number of ether oxygens (including phenoxy) is 1. The Bertz CT molecular complexity index is 502. The van der Waals surface area contributed by atoms with Crippen molar-refractivity contribution in [2.24, 2.45) is 5.73 Å². The van der Waals surface area contributed by atoms with Gasteiger partial charge in [-0.05, 0) is 25.1 Å². The average molecular weight is 271 g/mol. The number of nitrogens with one attached hydrogen (secondary N) is 1. The van der Waals surface area contributed by atoms with Gasteiger partial charge in [-0.2, -0.15) is 0 Å². The number of anilines is 1. The van der Waals surface area contributed by atoms with E-state index in [-0.39, 0.29) is 17.9 Å². The molecular formula is C11H11ClN2O4. The predicted molar refractivity (Wildman–Crippen MR) is 65.2 cm³/mol. The van der Waals surface area contributed by atoms with Gasteiger partial charge in [0.25, 0.3) is 5.91 Å². The van der Waals surface area contributed by atoms with E-state index in [4.69, 9.17) is 17.3 Å². The Morgan fingerprint density at radius 2 is 2.06 bits per heavy atom. The first-order chi connectivity index (χ1) is 8.45. The monoisotopic (exact) mass is 270 g/mol. The van der Waals surface area contributed by atoms with Crippen LogP contribution in [0, 0.1) is 0 Å². The summed E-state index contributed by atoms with van der Waals surface area (Å²) in [5, 5.41) is 2.51. The van der Waals surface area contributed by atoms with E-state index in [1.54, 1.807) is 6.92 Å². The van der Waals surface area contributed by atoms with Crippen molar-refractivity contribution in [3.05, 3.63) is 28.8 Å². The van der Waals surface area contributed by atoms with Crippen LogP contribution in [0.4, 0.5) is 5.69 Å². The lowest BCUT2D eigenvalue weighted by Crippen LogP contribution is -2.26. The molecule has 0 fully saturated rings. The average Bonchev–Trinajstić information content (AvgIpc) is 2.28. The molecule has 0 saturated heterocycles. The minimum Gasteiger partial charge on any atom is -0.459 e. The van der Waals surface area contributed by atoms with Crippen LogP contribution in [0.1, 0.15) is 17.3 Å². The maximum Gasteiger partial charge on any atom is 0.397 e. The fourth-order valence-electron chi connectivity index (χ4n) is 1.20. The quantitative estimate of drug-likeness (QED) is 0.631. The number of hydrogen-bond acceptors (Lipinski definition) is 4. The van der Waals surface area contributed by atoms with Gasteiger partial charge in [0, 0.05) is 5.02 Å². The van der Waals surface area contributed by atoms with Gasteiger partial charge in [0.2, 0.25) is 0 Å². The van der Waals surface area contributed by atoms with Crippen LogP contribution in [0.15, 0.2) is 18.2 Å². The Balaban J connectivity index is 2.96. The summed E-state index contributed by atoms with van der Waals surface area (Å²) >= 11 is 5.73. The highest BCUT2D eigenvalue weighted by atomic mass is 35.5. The van der Waals surface area contributed by atoms with Crippen LogP contribution in [0.25, 0.3) is 0 Å². The zero-order valence-electron chi connectivity index (χ0n) is 9.53. The lowest BCUT2D eigenvalue weighted by Gasteiger charge is -2.08. The molecule has 6 nitrogen and oxygen atoms in total. The number of carbonyl (C=O) groups excluding carboxylic acids is 3. The Morgan fingerprint density at radius 1 is 1.39 bits per heavy atom. The highest BCUT2D eigenvalue weighted by Crippen LogP contribution is 2.20. The number of rotatable bonds is 3. The van der Waals surface area contributed by atoms with Crippen LogP contribution in [-0.4, -0.2) is 24.4 Å². The van der Waals surface area contributed by atoms with Gasteiger partial charge in [-0.1, -0.05) is 11.6 Å². The molecule has 0 aliphatic heterocycles. The zero-order chi connectivity index (χ0) is 13.7.